The standard InChI is InChI=1S/C25H40Cl2N2O4/c26-24(27)7-6-23(11-20-15-33-20,25(28,29)16-4-2-1-3-5-16)22(9-18-13-31-18,10-19-14-32-19)21(24)8-17-12-30-17/h16-21H,1-15,28-29H2. The van der Waals surface area contributed by atoms with Gasteiger partial charge in [0.15, 0.2) is 0 Å². The molecule has 0 amide bonds. The van der Waals surface area contributed by atoms with E-state index < -0.39 is 10.00 Å². The fourth-order valence-electron chi connectivity index (χ4n) is 8.02. The average molecular weight is 504 g/mol. The van der Waals surface area contributed by atoms with Gasteiger partial charge in [-0.3, -0.25) is 0 Å². The number of nitrogens with two attached hydrogens (primary N) is 2. The van der Waals surface area contributed by atoms with E-state index in [9.17, 15) is 0 Å². The number of ether oxygens (including phenoxy) is 4. The van der Waals surface area contributed by atoms with Crippen LogP contribution in [0.5, 0.6) is 0 Å². The molecule has 188 valence electrons. The molecule has 4 saturated heterocycles. The molecule has 6 aliphatic rings. The van der Waals surface area contributed by atoms with Crippen molar-refractivity contribution in [1.82, 2.24) is 0 Å². The monoisotopic (exact) mass is 502 g/mol. The molecule has 0 aromatic carbocycles. The normalized spacial score (nSPS) is 46.7. The number of hydrogen-bond acceptors (Lipinski definition) is 6. The Balaban J connectivity index is 1.49. The van der Waals surface area contributed by atoms with Gasteiger partial charge >= 0.3 is 0 Å². The van der Waals surface area contributed by atoms with Gasteiger partial charge in [-0.05, 0) is 62.7 Å². The molecule has 0 spiro atoms. The highest BCUT2D eigenvalue weighted by atomic mass is 35.5. The van der Waals surface area contributed by atoms with Gasteiger partial charge in [-0.25, -0.2) is 0 Å². The van der Waals surface area contributed by atoms with Crippen LogP contribution in [0.4, 0.5) is 0 Å². The first-order valence-electron chi connectivity index (χ1n) is 13.2. The molecule has 6 rings (SSSR count). The molecule has 0 radical (unpaired) electrons. The number of alkyl halides is 2. The van der Waals surface area contributed by atoms with Crippen molar-refractivity contribution in [3.8, 4) is 0 Å². The summed E-state index contributed by atoms with van der Waals surface area (Å²) in [6.45, 7) is 3.16. The zero-order valence-electron chi connectivity index (χ0n) is 19.6. The molecule has 2 aliphatic carbocycles. The Morgan fingerprint density at radius 2 is 1.24 bits per heavy atom. The molecule has 4 aliphatic heterocycles. The quantitative estimate of drug-likeness (QED) is 0.266. The average Bonchev–Trinajstić information content (AvgIpc) is 3.62. The van der Waals surface area contributed by atoms with Crippen molar-refractivity contribution >= 4 is 23.2 Å². The predicted molar refractivity (Wildman–Crippen MR) is 127 cm³/mol. The SMILES string of the molecule is NC(N)(C1CCCCC1)C1(CC2CO2)CCC(Cl)(Cl)C(CC2CO2)C1(CC1CO1)CC1CO1. The maximum Gasteiger partial charge on any atom is 0.121 e. The molecule has 0 bridgehead atoms. The van der Waals surface area contributed by atoms with Crippen LogP contribution in [-0.2, 0) is 18.9 Å². The molecule has 33 heavy (non-hydrogen) atoms. The van der Waals surface area contributed by atoms with Crippen LogP contribution >= 0.6 is 23.2 Å². The highest BCUT2D eigenvalue weighted by Crippen LogP contribution is 2.71. The van der Waals surface area contributed by atoms with Gasteiger partial charge in [0.2, 0.25) is 0 Å². The lowest BCUT2D eigenvalue weighted by Crippen LogP contribution is -2.76. The summed E-state index contributed by atoms with van der Waals surface area (Å²) >= 11 is 14.5. The van der Waals surface area contributed by atoms with Gasteiger partial charge in [0.25, 0.3) is 0 Å². The van der Waals surface area contributed by atoms with E-state index in [0.717, 1.165) is 71.4 Å². The Kier molecular flexibility index (Phi) is 6.07. The molecular formula is C25H40Cl2N2O4. The van der Waals surface area contributed by atoms with Crippen molar-refractivity contribution in [3.63, 3.8) is 0 Å². The van der Waals surface area contributed by atoms with Crippen LogP contribution in [0, 0.1) is 22.7 Å². The summed E-state index contributed by atoms with van der Waals surface area (Å²) in [6.07, 6.45) is 11.8. The first-order valence-corrected chi connectivity index (χ1v) is 13.9. The Hall–Kier alpha value is 0.340. The molecule has 6 nitrogen and oxygen atoms in total. The van der Waals surface area contributed by atoms with E-state index in [1.807, 2.05) is 0 Å². The second kappa shape index (κ2) is 8.44. The van der Waals surface area contributed by atoms with Gasteiger partial charge < -0.3 is 30.4 Å². The molecule has 8 heteroatoms. The largest absolute Gasteiger partial charge is 0.373 e. The summed E-state index contributed by atoms with van der Waals surface area (Å²) in [6, 6.07) is 0. The van der Waals surface area contributed by atoms with Gasteiger partial charge in [0.1, 0.15) is 4.33 Å². The van der Waals surface area contributed by atoms with Crippen molar-refractivity contribution < 1.29 is 18.9 Å². The number of epoxide rings is 4. The van der Waals surface area contributed by atoms with E-state index in [1.165, 1.54) is 19.3 Å². The minimum absolute atomic E-state index is 0.0248. The summed E-state index contributed by atoms with van der Waals surface area (Å²) in [5, 5.41) is 0. The fourth-order valence-corrected chi connectivity index (χ4v) is 8.81. The van der Waals surface area contributed by atoms with E-state index in [1.54, 1.807) is 0 Å². The van der Waals surface area contributed by atoms with E-state index >= 15 is 0 Å². The van der Waals surface area contributed by atoms with E-state index in [2.05, 4.69) is 0 Å². The van der Waals surface area contributed by atoms with Crippen LogP contribution in [0.15, 0.2) is 0 Å². The number of rotatable bonds is 10. The molecule has 6 fully saturated rings. The van der Waals surface area contributed by atoms with Gasteiger partial charge in [0.05, 0.1) is 56.5 Å². The highest BCUT2D eigenvalue weighted by molar-refractivity contribution is 6.48. The van der Waals surface area contributed by atoms with Gasteiger partial charge in [-0.2, -0.15) is 0 Å². The second-order valence-electron chi connectivity index (χ2n) is 12.0. The van der Waals surface area contributed by atoms with Crippen molar-refractivity contribution in [3.05, 3.63) is 0 Å². The van der Waals surface area contributed by atoms with Crippen molar-refractivity contribution in [1.29, 1.82) is 0 Å². The minimum Gasteiger partial charge on any atom is -0.373 e. The number of hydrogen-bond donors (Lipinski definition) is 2. The van der Waals surface area contributed by atoms with Crippen molar-refractivity contribution in [2.75, 3.05) is 26.4 Å². The third-order valence-electron chi connectivity index (χ3n) is 9.99. The third-order valence-corrected chi connectivity index (χ3v) is 10.9. The van der Waals surface area contributed by atoms with Gasteiger partial charge in [-0.15, -0.1) is 23.2 Å². The molecule has 6 unspecified atom stereocenters. The Bertz CT molecular complexity index is 716. The Labute approximate surface area is 207 Å². The molecule has 0 aromatic rings. The maximum atomic E-state index is 7.47. The van der Waals surface area contributed by atoms with Crippen LogP contribution in [0.2, 0.25) is 0 Å². The lowest BCUT2D eigenvalue weighted by atomic mass is 9.41. The lowest BCUT2D eigenvalue weighted by Gasteiger charge is -2.67. The molecule has 4 N–H and O–H groups in total. The van der Waals surface area contributed by atoms with Crippen LogP contribution < -0.4 is 11.5 Å². The molecule has 6 atom stereocenters. The second-order valence-corrected chi connectivity index (χ2v) is 13.5. The molecule has 0 aromatic heterocycles. The molecule has 2 saturated carbocycles. The first-order chi connectivity index (χ1) is 15.8. The van der Waals surface area contributed by atoms with Crippen LogP contribution in [0.3, 0.4) is 0 Å². The number of halogens is 2. The van der Waals surface area contributed by atoms with Crippen LogP contribution in [0.25, 0.3) is 0 Å². The summed E-state index contributed by atoms with van der Waals surface area (Å²) in [5.41, 5.74) is 13.5. The Morgan fingerprint density at radius 1 is 0.727 bits per heavy atom. The van der Waals surface area contributed by atoms with Crippen molar-refractivity contribution in [2.24, 2.45) is 34.1 Å². The van der Waals surface area contributed by atoms with E-state index in [-0.39, 0.29) is 41.2 Å². The predicted octanol–water partition coefficient (Wildman–Crippen LogP) is 3.89. The van der Waals surface area contributed by atoms with E-state index in [0.29, 0.717) is 12.3 Å². The summed E-state index contributed by atoms with van der Waals surface area (Å²) in [5.74, 6) is 0.317. The lowest BCUT2D eigenvalue weighted by molar-refractivity contribution is -0.163. The highest BCUT2D eigenvalue weighted by Gasteiger charge is 2.72. The van der Waals surface area contributed by atoms with Crippen LogP contribution in [0.1, 0.15) is 70.6 Å². The van der Waals surface area contributed by atoms with E-state index in [4.69, 9.17) is 53.6 Å². The van der Waals surface area contributed by atoms with Gasteiger partial charge in [-0.1, -0.05) is 19.3 Å². The van der Waals surface area contributed by atoms with Crippen LogP contribution in [-0.4, -0.2) is 60.8 Å². The topological polar surface area (TPSA) is 102 Å². The fraction of sp³-hybridized carbons (Fsp3) is 1.00. The first kappa shape index (κ1) is 23.7. The minimum atomic E-state index is -0.841. The summed E-state index contributed by atoms with van der Waals surface area (Å²) < 4.78 is 22.5. The van der Waals surface area contributed by atoms with Crippen molar-refractivity contribution in [2.45, 2.75) is 105 Å². The van der Waals surface area contributed by atoms with Gasteiger partial charge in [0, 0.05) is 11.3 Å². The molecular weight excluding hydrogens is 463 g/mol. The third kappa shape index (κ3) is 4.39. The summed E-state index contributed by atoms with van der Waals surface area (Å²) in [4.78, 5) is 0. The Morgan fingerprint density at radius 3 is 1.76 bits per heavy atom. The smallest absolute Gasteiger partial charge is 0.121 e. The maximum absolute atomic E-state index is 7.47. The summed E-state index contributed by atoms with van der Waals surface area (Å²) in [7, 11) is 0. The molecule has 4 heterocycles. The zero-order valence-corrected chi connectivity index (χ0v) is 21.1. The zero-order chi connectivity index (χ0) is 22.9.